The van der Waals surface area contributed by atoms with Gasteiger partial charge in [-0.15, -0.1) is 0 Å². The third-order valence-electron chi connectivity index (χ3n) is 2.71. The molecule has 0 aliphatic rings. The molecule has 2 aromatic carbocycles. The van der Waals surface area contributed by atoms with Gasteiger partial charge in [0.05, 0.1) is 5.56 Å². The predicted octanol–water partition coefficient (Wildman–Crippen LogP) is 3.78. The van der Waals surface area contributed by atoms with Crippen molar-refractivity contribution in [2.24, 2.45) is 0 Å². The van der Waals surface area contributed by atoms with E-state index in [1.807, 2.05) is 30.3 Å². The molecule has 0 unspecified atom stereocenters. The summed E-state index contributed by atoms with van der Waals surface area (Å²) in [4.78, 5) is 11.8. The Labute approximate surface area is 104 Å². The molecule has 3 heteroatoms. The SMILES string of the molecule is O=C(CCc1ccccc1)c1cc(F)ccc1F. The van der Waals surface area contributed by atoms with Gasteiger partial charge < -0.3 is 0 Å². The van der Waals surface area contributed by atoms with E-state index in [2.05, 4.69) is 0 Å². The second-order valence-corrected chi connectivity index (χ2v) is 4.03. The lowest BCUT2D eigenvalue weighted by Gasteiger charge is -2.03. The zero-order chi connectivity index (χ0) is 13.0. The first-order chi connectivity index (χ1) is 8.66. The molecule has 0 aromatic heterocycles. The van der Waals surface area contributed by atoms with E-state index in [1.54, 1.807) is 0 Å². The van der Waals surface area contributed by atoms with Gasteiger partial charge in [0.15, 0.2) is 5.78 Å². The maximum atomic E-state index is 13.4. The van der Waals surface area contributed by atoms with Crippen molar-refractivity contribution >= 4 is 5.78 Å². The minimum absolute atomic E-state index is 0.171. The highest BCUT2D eigenvalue weighted by Crippen LogP contribution is 2.13. The van der Waals surface area contributed by atoms with Crippen LogP contribution in [0, 0.1) is 11.6 Å². The summed E-state index contributed by atoms with van der Waals surface area (Å²) in [6.45, 7) is 0. The number of aryl methyl sites for hydroxylation is 1. The van der Waals surface area contributed by atoms with Gasteiger partial charge in [-0.25, -0.2) is 8.78 Å². The number of hydrogen-bond acceptors (Lipinski definition) is 1. The van der Waals surface area contributed by atoms with E-state index in [4.69, 9.17) is 0 Å². The molecule has 0 aliphatic carbocycles. The van der Waals surface area contributed by atoms with Crippen LogP contribution in [0.15, 0.2) is 48.5 Å². The van der Waals surface area contributed by atoms with Crippen molar-refractivity contribution in [2.45, 2.75) is 12.8 Å². The van der Waals surface area contributed by atoms with Gasteiger partial charge in [0.1, 0.15) is 11.6 Å². The van der Waals surface area contributed by atoms with E-state index in [-0.39, 0.29) is 17.8 Å². The number of benzene rings is 2. The summed E-state index contributed by atoms with van der Waals surface area (Å²) >= 11 is 0. The van der Waals surface area contributed by atoms with Crippen LogP contribution in [-0.4, -0.2) is 5.78 Å². The summed E-state index contributed by atoms with van der Waals surface area (Å²) in [5, 5.41) is 0. The Kier molecular flexibility index (Phi) is 3.82. The topological polar surface area (TPSA) is 17.1 Å². The molecule has 18 heavy (non-hydrogen) atoms. The Hall–Kier alpha value is -2.03. The average Bonchev–Trinajstić information content (AvgIpc) is 2.40. The molecule has 0 N–H and O–H groups in total. The lowest BCUT2D eigenvalue weighted by Crippen LogP contribution is -2.04. The van der Waals surface area contributed by atoms with Crippen LogP contribution < -0.4 is 0 Å². The van der Waals surface area contributed by atoms with E-state index in [1.165, 1.54) is 0 Å². The van der Waals surface area contributed by atoms with E-state index in [0.717, 1.165) is 23.8 Å². The summed E-state index contributed by atoms with van der Waals surface area (Å²) in [5.41, 5.74) is 0.827. The molecule has 0 saturated heterocycles. The zero-order valence-corrected chi connectivity index (χ0v) is 9.70. The molecule has 0 atom stereocenters. The van der Waals surface area contributed by atoms with Crippen LogP contribution in [0.3, 0.4) is 0 Å². The van der Waals surface area contributed by atoms with Crippen molar-refractivity contribution < 1.29 is 13.6 Å². The molecular weight excluding hydrogens is 234 g/mol. The Bertz CT molecular complexity index is 550. The summed E-state index contributed by atoms with van der Waals surface area (Å²) in [6, 6.07) is 12.4. The smallest absolute Gasteiger partial charge is 0.166 e. The van der Waals surface area contributed by atoms with Gasteiger partial charge in [0, 0.05) is 6.42 Å². The maximum absolute atomic E-state index is 13.4. The van der Waals surface area contributed by atoms with Crippen LogP contribution in [0.4, 0.5) is 8.78 Å². The van der Waals surface area contributed by atoms with Gasteiger partial charge in [-0.1, -0.05) is 30.3 Å². The highest BCUT2D eigenvalue weighted by Gasteiger charge is 2.12. The lowest BCUT2D eigenvalue weighted by molar-refractivity contribution is 0.0978. The number of carbonyl (C=O) groups excluding carboxylic acids is 1. The fourth-order valence-electron chi connectivity index (χ4n) is 1.75. The highest BCUT2D eigenvalue weighted by atomic mass is 19.1. The van der Waals surface area contributed by atoms with Crippen LogP contribution in [0.25, 0.3) is 0 Å². The molecular formula is C15H12F2O. The van der Waals surface area contributed by atoms with E-state index in [9.17, 15) is 13.6 Å². The first kappa shape index (κ1) is 12.4. The van der Waals surface area contributed by atoms with Crippen LogP contribution in [0.2, 0.25) is 0 Å². The van der Waals surface area contributed by atoms with Crippen LogP contribution in [0.1, 0.15) is 22.3 Å². The van der Waals surface area contributed by atoms with Crippen molar-refractivity contribution in [2.75, 3.05) is 0 Å². The summed E-state index contributed by atoms with van der Waals surface area (Å²) in [5.74, 6) is -1.65. The van der Waals surface area contributed by atoms with Crippen molar-refractivity contribution in [3.05, 3.63) is 71.3 Å². The number of Topliss-reactive ketones (excluding diaryl/α,β-unsaturated/α-hetero) is 1. The van der Waals surface area contributed by atoms with Crippen molar-refractivity contribution in [1.82, 2.24) is 0 Å². The molecule has 2 rings (SSSR count). The molecule has 92 valence electrons. The van der Waals surface area contributed by atoms with Gasteiger partial charge in [-0.2, -0.15) is 0 Å². The standard InChI is InChI=1S/C15H12F2O/c16-12-7-8-14(17)13(10-12)15(18)9-6-11-4-2-1-3-5-11/h1-5,7-8,10H,6,9H2. The normalized spacial score (nSPS) is 10.3. The van der Waals surface area contributed by atoms with E-state index < -0.39 is 11.6 Å². The summed E-state index contributed by atoms with van der Waals surface area (Å²) in [7, 11) is 0. The van der Waals surface area contributed by atoms with Gasteiger partial charge in [-0.3, -0.25) is 4.79 Å². The first-order valence-electron chi connectivity index (χ1n) is 5.69. The van der Waals surface area contributed by atoms with Gasteiger partial charge >= 0.3 is 0 Å². The first-order valence-corrected chi connectivity index (χ1v) is 5.69. The Morgan fingerprint density at radius 3 is 2.44 bits per heavy atom. The van der Waals surface area contributed by atoms with Crippen molar-refractivity contribution in [1.29, 1.82) is 0 Å². The van der Waals surface area contributed by atoms with Crippen LogP contribution >= 0.6 is 0 Å². The van der Waals surface area contributed by atoms with Crippen molar-refractivity contribution in [3.8, 4) is 0 Å². The fourth-order valence-corrected chi connectivity index (χ4v) is 1.75. The minimum Gasteiger partial charge on any atom is -0.294 e. The highest BCUT2D eigenvalue weighted by molar-refractivity contribution is 5.96. The van der Waals surface area contributed by atoms with E-state index >= 15 is 0 Å². The maximum Gasteiger partial charge on any atom is 0.166 e. The molecule has 1 nitrogen and oxygen atoms in total. The third-order valence-corrected chi connectivity index (χ3v) is 2.71. The number of rotatable bonds is 4. The fraction of sp³-hybridized carbons (Fsp3) is 0.133. The number of ketones is 1. The molecule has 0 bridgehead atoms. The number of hydrogen-bond donors (Lipinski definition) is 0. The molecule has 0 saturated carbocycles. The number of carbonyl (C=O) groups is 1. The Balaban J connectivity index is 2.06. The minimum atomic E-state index is -0.672. The molecule has 0 heterocycles. The van der Waals surface area contributed by atoms with Gasteiger partial charge in [0.2, 0.25) is 0 Å². The quantitative estimate of drug-likeness (QED) is 0.750. The molecule has 2 aromatic rings. The van der Waals surface area contributed by atoms with Crippen molar-refractivity contribution in [3.63, 3.8) is 0 Å². The molecule has 0 radical (unpaired) electrons. The van der Waals surface area contributed by atoms with Crippen LogP contribution in [-0.2, 0) is 6.42 Å². The predicted molar refractivity (Wildman–Crippen MR) is 65.5 cm³/mol. The summed E-state index contributed by atoms with van der Waals surface area (Å²) in [6.07, 6.45) is 0.694. The third kappa shape index (κ3) is 3.00. The molecule has 0 amide bonds. The molecule has 0 spiro atoms. The van der Waals surface area contributed by atoms with E-state index in [0.29, 0.717) is 6.42 Å². The van der Waals surface area contributed by atoms with Gasteiger partial charge in [0.25, 0.3) is 0 Å². The zero-order valence-electron chi connectivity index (χ0n) is 9.70. The monoisotopic (exact) mass is 246 g/mol. The Morgan fingerprint density at radius 1 is 1.00 bits per heavy atom. The molecule has 0 aliphatic heterocycles. The largest absolute Gasteiger partial charge is 0.294 e. The molecule has 0 fully saturated rings. The second-order valence-electron chi connectivity index (χ2n) is 4.03. The summed E-state index contributed by atoms with van der Waals surface area (Å²) < 4.78 is 26.3. The van der Waals surface area contributed by atoms with Crippen LogP contribution in [0.5, 0.6) is 0 Å². The van der Waals surface area contributed by atoms with Gasteiger partial charge in [-0.05, 0) is 30.2 Å². The average molecular weight is 246 g/mol. The Morgan fingerprint density at radius 2 is 1.72 bits per heavy atom. The lowest BCUT2D eigenvalue weighted by atomic mass is 10.0. The second kappa shape index (κ2) is 5.54. The number of halogens is 2.